The van der Waals surface area contributed by atoms with Crippen LogP contribution in [0.2, 0.25) is 0 Å². The third-order valence-electron chi connectivity index (χ3n) is 2.92. The van der Waals surface area contributed by atoms with Crippen molar-refractivity contribution in [2.24, 2.45) is 5.73 Å². The molecule has 0 amide bonds. The van der Waals surface area contributed by atoms with Crippen molar-refractivity contribution in [1.82, 2.24) is 0 Å². The largest absolute Gasteiger partial charge is 0.383 e. The number of anilines is 1. The summed E-state index contributed by atoms with van der Waals surface area (Å²) in [5.41, 5.74) is 7.33. The van der Waals surface area contributed by atoms with Gasteiger partial charge in [0.15, 0.2) is 0 Å². The molecule has 0 aliphatic rings. The van der Waals surface area contributed by atoms with Crippen LogP contribution >= 0.6 is 0 Å². The first kappa shape index (κ1) is 15.4. The maximum atomic E-state index is 10.8. The summed E-state index contributed by atoms with van der Waals surface area (Å²) in [7, 11) is 1.64. The van der Waals surface area contributed by atoms with Crippen LogP contribution in [-0.2, 0) is 4.74 Å². The highest BCUT2D eigenvalue weighted by atomic mass is 16.6. The quantitative estimate of drug-likeness (QED) is 0.556. The first-order valence-corrected chi connectivity index (χ1v) is 6.29. The number of ether oxygens (including phenoxy) is 1. The number of nitro groups is 1. The van der Waals surface area contributed by atoms with Gasteiger partial charge in [0.05, 0.1) is 11.5 Å². The van der Waals surface area contributed by atoms with Gasteiger partial charge in [-0.3, -0.25) is 10.1 Å². The third-order valence-corrected chi connectivity index (χ3v) is 2.92. The van der Waals surface area contributed by atoms with Crippen molar-refractivity contribution in [3.05, 3.63) is 33.9 Å². The summed E-state index contributed by atoms with van der Waals surface area (Å²) in [6.07, 6.45) is 1.75. The van der Waals surface area contributed by atoms with Gasteiger partial charge < -0.3 is 15.8 Å². The van der Waals surface area contributed by atoms with Crippen LogP contribution < -0.4 is 11.1 Å². The van der Waals surface area contributed by atoms with Gasteiger partial charge in [0.25, 0.3) is 5.69 Å². The third kappa shape index (κ3) is 4.84. The van der Waals surface area contributed by atoms with E-state index in [-0.39, 0.29) is 11.7 Å². The minimum absolute atomic E-state index is 0.0862. The van der Waals surface area contributed by atoms with Gasteiger partial charge in [0.2, 0.25) is 0 Å². The van der Waals surface area contributed by atoms with Crippen molar-refractivity contribution >= 4 is 11.4 Å². The van der Waals surface area contributed by atoms with E-state index in [1.54, 1.807) is 19.2 Å². The number of hydrogen-bond acceptors (Lipinski definition) is 5. The van der Waals surface area contributed by atoms with Crippen molar-refractivity contribution in [3.8, 4) is 0 Å². The van der Waals surface area contributed by atoms with Crippen LogP contribution in [0.5, 0.6) is 0 Å². The van der Waals surface area contributed by atoms with Crippen LogP contribution in [0.25, 0.3) is 0 Å². The predicted molar refractivity (Wildman–Crippen MR) is 75.4 cm³/mol. The number of nitro benzene ring substituents is 1. The smallest absolute Gasteiger partial charge is 0.271 e. The number of nitrogens with zero attached hydrogens (tertiary/aromatic N) is 1. The Bertz CT molecular complexity index is 424. The lowest BCUT2D eigenvalue weighted by atomic mass is 10.1. The van der Waals surface area contributed by atoms with E-state index in [9.17, 15) is 10.1 Å². The minimum Gasteiger partial charge on any atom is -0.383 e. The number of rotatable bonds is 8. The molecular formula is C13H21N3O3. The molecule has 1 unspecified atom stereocenters. The second-order valence-electron chi connectivity index (χ2n) is 4.48. The fraction of sp³-hybridized carbons (Fsp3) is 0.538. The minimum atomic E-state index is -0.393. The zero-order valence-corrected chi connectivity index (χ0v) is 11.4. The van der Waals surface area contributed by atoms with Gasteiger partial charge in [-0.1, -0.05) is 6.07 Å². The molecule has 0 aliphatic heterocycles. The molecule has 6 heteroatoms. The van der Waals surface area contributed by atoms with Crippen LogP contribution in [0.4, 0.5) is 11.4 Å². The second kappa shape index (κ2) is 7.70. The van der Waals surface area contributed by atoms with Gasteiger partial charge in [0.1, 0.15) is 0 Å². The standard InChI is InChI=1S/C13H21N3O3/c1-10-5-6-12(16(17)18)8-13(10)15-11(9-19-2)4-3-7-14/h5-6,8,11,15H,3-4,7,9,14H2,1-2H3. The van der Waals surface area contributed by atoms with Gasteiger partial charge in [-0.25, -0.2) is 0 Å². The van der Waals surface area contributed by atoms with Crippen molar-refractivity contribution in [3.63, 3.8) is 0 Å². The summed E-state index contributed by atoms with van der Waals surface area (Å²) in [5.74, 6) is 0. The molecule has 0 saturated heterocycles. The summed E-state index contributed by atoms with van der Waals surface area (Å²) in [6, 6.07) is 4.91. The summed E-state index contributed by atoms with van der Waals surface area (Å²) >= 11 is 0. The molecule has 19 heavy (non-hydrogen) atoms. The molecule has 0 radical (unpaired) electrons. The first-order valence-electron chi connectivity index (χ1n) is 6.29. The number of nitrogens with one attached hydrogen (secondary N) is 1. The lowest BCUT2D eigenvalue weighted by Crippen LogP contribution is -2.26. The second-order valence-corrected chi connectivity index (χ2v) is 4.48. The van der Waals surface area contributed by atoms with Crippen molar-refractivity contribution in [2.45, 2.75) is 25.8 Å². The molecule has 0 aromatic heterocycles. The van der Waals surface area contributed by atoms with Gasteiger partial charge in [-0.15, -0.1) is 0 Å². The maximum absolute atomic E-state index is 10.8. The molecular weight excluding hydrogens is 246 g/mol. The molecule has 3 N–H and O–H groups in total. The highest BCUT2D eigenvalue weighted by Gasteiger charge is 2.13. The van der Waals surface area contributed by atoms with E-state index in [2.05, 4.69) is 5.32 Å². The molecule has 0 fully saturated rings. The number of methoxy groups -OCH3 is 1. The Morgan fingerprint density at radius 2 is 2.26 bits per heavy atom. The molecule has 0 saturated carbocycles. The van der Waals surface area contributed by atoms with Crippen molar-refractivity contribution in [1.29, 1.82) is 0 Å². The van der Waals surface area contributed by atoms with Gasteiger partial charge in [-0.2, -0.15) is 0 Å². The summed E-state index contributed by atoms with van der Waals surface area (Å²) in [5, 5.41) is 14.1. The molecule has 1 aromatic rings. The number of benzene rings is 1. The zero-order chi connectivity index (χ0) is 14.3. The van der Waals surface area contributed by atoms with E-state index in [1.165, 1.54) is 6.07 Å². The Balaban J connectivity index is 2.81. The summed E-state index contributed by atoms with van der Waals surface area (Å²) in [4.78, 5) is 10.4. The van der Waals surface area contributed by atoms with Crippen molar-refractivity contribution in [2.75, 3.05) is 25.6 Å². The Labute approximate surface area is 113 Å². The van der Waals surface area contributed by atoms with E-state index in [4.69, 9.17) is 10.5 Å². The molecule has 0 bridgehead atoms. The predicted octanol–water partition coefficient (Wildman–Crippen LogP) is 2.07. The average Bonchev–Trinajstić information content (AvgIpc) is 2.38. The molecule has 0 spiro atoms. The lowest BCUT2D eigenvalue weighted by molar-refractivity contribution is -0.384. The number of non-ortho nitro benzene ring substituents is 1. The topological polar surface area (TPSA) is 90.4 Å². The Kier molecular flexibility index (Phi) is 6.24. The van der Waals surface area contributed by atoms with Crippen LogP contribution in [0.3, 0.4) is 0 Å². The molecule has 1 aromatic carbocycles. The number of hydrogen-bond donors (Lipinski definition) is 2. The molecule has 1 atom stereocenters. The highest BCUT2D eigenvalue weighted by Crippen LogP contribution is 2.23. The SMILES string of the molecule is COCC(CCCN)Nc1cc([N+](=O)[O-])ccc1C. The molecule has 0 heterocycles. The van der Waals surface area contributed by atoms with E-state index in [1.807, 2.05) is 6.92 Å². The number of aryl methyl sites for hydroxylation is 1. The van der Waals surface area contributed by atoms with Gasteiger partial charge in [-0.05, 0) is 31.9 Å². The summed E-state index contributed by atoms with van der Waals surface area (Å²) in [6.45, 7) is 3.08. The fourth-order valence-corrected chi connectivity index (χ4v) is 1.86. The Hall–Kier alpha value is -1.66. The Morgan fingerprint density at radius 1 is 1.53 bits per heavy atom. The van der Waals surface area contributed by atoms with Crippen LogP contribution in [0, 0.1) is 17.0 Å². The fourth-order valence-electron chi connectivity index (χ4n) is 1.86. The summed E-state index contributed by atoms with van der Waals surface area (Å²) < 4.78 is 5.15. The number of nitrogens with two attached hydrogens (primary N) is 1. The molecule has 1 rings (SSSR count). The Morgan fingerprint density at radius 3 is 2.84 bits per heavy atom. The van der Waals surface area contributed by atoms with E-state index < -0.39 is 4.92 Å². The van der Waals surface area contributed by atoms with Crippen LogP contribution in [0.1, 0.15) is 18.4 Å². The zero-order valence-electron chi connectivity index (χ0n) is 11.4. The molecule has 106 valence electrons. The average molecular weight is 267 g/mol. The van der Waals surface area contributed by atoms with Crippen LogP contribution in [0.15, 0.2) is 18.2 Å². The van der Waals surface area contributed by atoms with E-state index in [0.29, 0.717) is 13.2 Å². The lowest BCUT2D eigenvalue weighted by Gasteiger charge is -2.20. The van der Waals surface area contributed by atoms with E-state index >= 15 is 0 Å². The monoisotopic (exact) mass is 267 g/mol. The molecule has 6 nitrogen and oxygen atoms in total. The van der Waals surface area contributed by atoms with Crippen molar-refractivity contribution < 1.29 is 9.66 Å². The van der Waals surface area contributed by atoms with Gasteiger partial charge in [0, 0.05) is 31.0 Å². The normalized spacial score (nSPS) is 12.2. The molecule has 0 aliphatic carbocycles. The first-order chi connectivity index (χ1) is 9.08. The maximum Gasteiger partial charge on any atom is 0.271 e. The van der Waals surface area contributed by atoms with Crippen LogP contribution in [-0.4, -0.2) is 31.2 Å². The highest BCUT2D eigenvalue weighted by molar-refractivity contribution is 5.57. The van der Waals surface area contributed by atoms with E-state index in [0.717, 1.165) is 24.1 Å². The van der Waals surface area contributed by atoms with Gasteiger partial charge >= 0.3 is 0 Å².